The summed E-state index contributed by atoms with van der Waals surface area (Å²) in [5.41, 5.74) is 0.952. The molecular formula is C22H24N2O4. The number of imide groups is 1. The Balaban J connectivity index is 1.46. The number of allylic oxidation sites excluding steroid dienone is 2. The van der Waals surface area contributed by atoms with Gasteiger partial charge in [-0.3, -0.25) is 19.3 Å². The first-order valence-electron chi connectivity index (χ1n) is 10.1. The summed E-state index contributed by atoms with van der Waals surface area (Å²) in [6.45, 7) is 1.98. The van der Waals surface area contributed by atoms with E-state index in [2.05, 4.69) is 12.2 Å². The second-order valence-electron chi connectivity index (χ2n) is 8.19. The Kier molecular flexibility index (Phi) is 4.31. The number of ether oxygens (including phenoxy) is 1. The number of carbonyl (C=O) groups is 3. The number of carbonyl (C=O) groups excluding carboxylic acids is 3. The number of rotatable bonds is 4. The molecule has 28 heavy (non-hydrogen) atoms. The van der Waals surface area contributed by atoms with E-state index in [0.717, 1.165) is 12.0 Å². The second-order valence-corrected chi connectivity index (χ2v) is 8.19. The standard InChI is InChI=1S/C22H24N2O4/c25-20(23-8-10-28-11-9-23)17(12-14-4-2-1-3-5-14)24-21(26)18-15-6-7-16(13-15)19(18)22(24)27/h1-7,15-19H,8-13H2/t15-,16+,17-,18+,19-/m1/s1. The molecule has 4 aliphatic rings. The van der Waals surface area contributed by atoms with Crippen molar-refractivity contribution in [2.24, 2.45) is 23.7 Å². The lowest BCUT2D eigenvalue weighted by atomic mass is 9.85. The molecule has 5 rings (SSSR count). The molecule has 1 aromatic rings. The molecule has 5 atom stereocenters. The number of nitrogens with zero attached hydrogens (tertiary/aromatic N) is 2. The SMILES string of the molecule is O=C([C@@H](Cc1ccccc1)N1C(=O)[C@@H]2[C@H](C1=O)[C@H]1C=C[C@@H]2C1)N1CCOCC1. The fourth-order valence-electron chi connectivity index (χ4n) is 5.35. The normalized spacial score (nSPS) is 32.1. The molecule has 0 aromatic heterocycles. The number of hydrogen-bond acceptors (Lipinski definition) is 4. The zero-order valence-corrected chi connectivity index (χ0v) is 15.7. The van der Waals surface area contributed by atoms with Gasteiger partial charge < -0.3 is 9.64 Å². The molecular weight excluding hydrogens is 356 g/mol. The van der Waals surface area contributed by atoms with Gasteiger partial charge in [0.15, 0.2) is 0 Å². The van der Waals surface area contributed by atoms with Gasteiger partial charge in [-0.05, 0) is 23.8 Å². The third kappa shape index (κ3) is 2.70. The van der Waals surface area contributed by atoms with Crippen molar-refractivity contribution in [1.82, 2.24) is 9.80 Å². The maximum absolute atomic E-state index is 13.4. The van der Waals surface area contributed by atoms with Crippen molar-refractivity contribution < 1.29 is 19.1 Å². The van der Waals surface area contributed by atoms with Crippen LogP contribution in [0.2, 0.25) is 0 Å². The van der Waals surface area contributed by atoms with Gasteiger partial charge in [0, 0.05) is 19.5 Å². The summed E-state index contributed by atoms with van der Waals surface area (Å²) in [7, 11) is 0. The lowest BCUT2D eigenvalue weighted by Crippen LogP contribution is -2.55. The van der Waals surface area contributed by atoms with Crippen LogP contribution in [0.25, 0.3) is 0 Å². The minimum Gasteiger partial charge on any atom is -0.378 e. The molecule has 0 unspecified atom stereocenters. The van der Waals surface area contributed by atoms with E-state index in [1.807, 2.05) is 30.3 Å². The molecule has 0 spiro atoms. The van der Waals surface area contributed by atoms with Gasteiger partial charge in [-0.25, -0.2) is 0 Å². The van der Waals surface area contributed by atoms with E-state index in [4.69, 9.17) is 4.74 Å². The summed E-state index contributed by atoms with van der Waals surface area (Å²) < 4.78 is 5.36. The monoisotopic (exact) mass is 380 g/mol. The van der Waals surface area contributed by atoms with Crippen molar-refractivity contribution in [1.29, 1.82) is 0 Å². The first-order chi connectivity index (χ1) is 13.6. The molecule has 2 aliphatic carbocycles. The van der Waals surface area contributed by atoms with Crippen LogP contribution in [0.15, 0.2) is 42.5 Å². The number of hydrogen-bond donors (Lipinski definition) is 0. The predicted molar refractivity (Wildman–Crippen MR) is 101 cm³/mol. The summed E-state index contributed by atoms with van der Waals surface area (Å²) >= 11 is 0. The van der Waals surface area contributed by atoms with E-state index in [0.29, 0.717) is 32.7 Å². The number of morpholine rings is 1. The fraction of sp³-hybridized carbons (Fsp3) is 0.500. The van der Waals surface area contributed by atoms with Crippen LogP contribution in [0.4, 0.5) is 0 Å². The minimum atomic E-state index is -0.773. The van der Waals surface area contributed by atoms with Gasteiger partial charge >= 0.3 is 0 Å². The van der Waals surface area contributed by atoms with Crippen LogP contribution >= 0.6 is 0 Å². The third-order valence-corrected chi connectivity index (χ3v) is 6.70. The lowest BCUT2D eigenvalue weighted by Gasteiger charge is -2.34. The molecule has 2 heterocycles. The summed E-state index contributed by atoms with van der Waals surface area (Å²) in [4.78, 5) is 43.0. The van der Waals surface area contributed by atoms with E-state index in [1.165, 1.54) is 4.90 Å². The average Bonchev–Trinajstić information content (AvgIpc) is 3.41. The van der Waals surface area contributed by atoms with Crippen molar-refractivity contribution in [2.45, 2.75) is 18.9 Å². The Labute approximate surface area is 164 Å². The Morgan fingerprint density at radius 2 is 1.61 bits per heavy atom. The maximum Gasteiger partial charge on any atom is 0.246 e. The molecule has 0 radical (unpaired) electrons. The Morgan fingerprint density at radius 1 is 1.00 bits per heavy atom. The molecule has 1 saturated carbocycles. The summed E-state index contributed by atoms with van der Waals surface area (Å²) in [5.74, 6) is -0.728. The quantitative estimate of drug-likeness (QED) is 0.583. The number of fused-ring (bicyclic) bond motifs is 5. The summed E-state index contributed by atoms with van der Waals surface area (Å²) in [6, 6.07) is 8.86. The van der Waals surface area contributed by atoms with E-state index < -0.39 is 6.04 Å². The van der Waals surface area contributed by atoms with Gasteiger partial charge in [0.2, 0.25) is 17.7 Å². The molecule has 1 aromatic carbocycles. The highest BCUT2D eigenvalue weighted by atomic mass is 16.5. The van der Waals surface area contributed by atoms with Gasteiger partial charge in [-0.2, -0.15) is 0 Å². The predicted octanol–water partition coefficient (Wildman–Crippen LogP) is 1.26. The van der Waals surface area contributed by atoms with Crippen molar-refractivity contribution in [2.75, 3.05) is 26.3 Å². The fourth-order valence-corrected chi connectivity index (χ4v) is 5.35. The van der Waals surface area contributed by atoms with E-state index in [9.17, 15) is 14.4 Å². The van der Waals surface area contributed by atoms with Crippen molar-refractivity contribution in [3.8, 4) is 0 Å². The average molecular weight is 380 g/mol. The number of likely N-dealkylation sites (tertiary alicyclic amines) is 1. The third-order valence-electron chi connectivity index (χ3n) is 6.70. The zero-order chi connectivity index (χ0) is 19.3. The van der Waals surface area contributed by atoms with E-state index in [-0.39, 0.29) is 41.4 Å². The number of amides is 3. The topological polar surface area (TPSA) is 66.9 Å². The van der Waals surface area contributed by atoms with Gasteiger partial charge in [0.25, 0.3) is 0 Å². The van der Waals surface area contributed by atoms with E-state index in [1.54, 1.807) is 4.90 Å². The van der Waals surface area contributed by atoms with Crippen molar-refractivity contribution in [3.05, 3.63) is 48.0 Å². The molecule has 146 valence electrons. The van der Waals surface area contributed by atoms with Crippen LogP contribution in [0.5, 0.6) is 0 Å². The molecule has 6 heteroatoms. The molecule has 2 bridgehead atoms. The molecule has 0 N–H and O–H groups in total. The first-order valence-corrected chi connectivity index (χ1v) is 10.1. The molecule has 2 aliphatic heterocycles. The van der Waals surface area contributed by atoms with Gasteiger partial charge in [-0.15, -0.1) is 0 Å². The van der Waals surface area contributed by atoms with Crippen LogP contribution in [0.1, 0.15) is 12.0 Å². The Bertz CT molecular complexity index is 800. The van der Waals surface area contributed by atoms with E-state index >= 15 is 0 Å². The first kappa shape index (κ1) is 17.6. The molecule has 3 fully saturated rings. The van der Waals surface area contributed by atoms with Crippen LogP contribution in [-0.2, 0) is 25.5 Å². The van der Waals surface area contributed by atoms with Crippen LogP contribution in [0, 0.1) is 23.7 Å². The highest BCUT2D eigenvalue weighted by Crippen LogP contribution is 2.53. The Morgan fingerprint density at radius 3 is 2.21 bits per heavy atom. The van der Waals surface area contributed by atoms with Gasteiger partial charge in [-0.1, -0.05) is 42.5 Å². The molecule has 2 saturated heterocycles. The highest BCUT2D eigenvalue weighted by molar-refractivity contribution is 6.09. The molecule has 3 amide bonds. The van der Waals surface area contributed by atoms with Crippen molar-refractivity contribution >= 4 is 17.7 Å². The largest absolute Gasteiger partial charge is 0.378 e. The lowest BCUT2D eigenvalue weighted by molar-refractivity contribution is -0.154. The summed E-state index contributed by atoms with van der Waals surface area (Å²) in [6.07, 6.45) is 5.41. The van der Waals surface area contributed by atoms with Crippen molar-refractivity contribution in [3.63, 3.8) is 0 Å². The Hall–Kier alpha value is -2.47. The van der Waals surface area contributed by atoms with Crippen LogP contribution < -0.4 is 0 Å². The van der Waals surface area contributed by atoms with Gasteiger partial charge in [0.05, 0.1) is 25.0 Å². The summed E-state index contributed by atoms with van der Waals surface area (Å²) in [5, 5.41) is 0. The minimum absolute atomic E-state index is 0.144. The maximum atomic E-state index is 13.4. The zero-order valence-electron chi connectivity index (χ0n) is 15.7. The molecule has 6 nitrogen and oxygen atoms in total. The van der Waals surface area contributed by atoms with Crippen LogP contribution in [-0.4, -0.2) is 59.9 Å². The smallest absolute Gasteiger partial charge is 0.246 e. The second kappa shape index (κ2) is 6.85. The van der Waals surface area contributed by atoms with Gasteiger partial charge in [0.1, 0.15) is 6.04 Å². The highest BCUT2D eigenvalue weighted by Gasteiger charge is 2.61. The number of benzene rings is 1. The van der Waals surface area contributed by atoms with Crippen LogP contribution in [0.3, 0.4) is 0 Å².